The Hall–Kier alpha value is -6.86. The molecule has 7 amide bonds. The van der Waals surface area contributed by atoms with Crippen LogP contribution in [0.4, 0.5) is 0 Å². The number of carboxylic acid groups (broad SMARTS) is 2. The predicted molar refractivity (Wildman–Crippen MR) is 228 cm³/mol. The van der Waals surface area contributed by atoms with Gasteiger partial charge in [0.1, 0.15) is 30.2 Å². The van der Waals surface area contributed by atoms with Crippen LogP contribution in [-0.4, -0.2) is 132 Å². The Morgan fingerprint density at radius 3 is 2.10 bits per heavy atom. The summed E-state index contributed by atoms with van der Waals surface area (Å²) in [6, 6.07) is 7.76. The average Bonchev–Trinajstić information content (AvgIpc) is 3.22. The predicted octanol–water partition coefficient (Wildman–Crippen LogP) is -3.05. The van der Waals surface area contributed by atoms with Gasteiger partial charge in [0, 0.05) is 29.5 Å². The first kappa shape index (κ1) is 49.5. The molecule has 1 saturated heterocycles. The van der Waals surface area contributed by atoms with Gasteiger partial charge >= 0.3 is 11.9 Å². The number of carboxylic acids is 2. The van der Waals surface area contributed by atoms with Crippen LogP contribution < -0.4 is 48.7 Å². The molecule has 24 heteroatoms. The van der Waals surface area contributed by atoms with E-state index in [9.17, 15) is 53.4 Å². The largest absolute Gasteiger partial charge is 0.481 e. The van der Waals surface area contributed by atoms with Gasteiger partial charge in [-0.3, -0.25) is 43.3 Å². The SMILES string of the molecule is NC(N)=NCCC[C@@H]1NC(=O)[C@H](CCC(=O)N[C@@H](CNC(=O)CO/N=C/c2ccc(I)cc2)C(=O)O)NC(=O)[C@@H](Cc2ccccc2)NC(=O)[C@H](CC(=O)O)NC(=O)CNC1=O. The number of benzene rings is 2. The van der Waals surface area contributed by atoms with Gasteiger partial charge in [0.15, 0.2) is 12.6 Å². The monoisotopic (exact) mass is 977 g/mol. The van der Waals surface area contributed by atoms with Crippen molar-refractivity contribution in [2.75, 3.05) is 26.2 Å². The molecule has 13 N–H and O–H groups in total. The second-order valence-corrected chi connectivity index (χ2v) is 14.9. The summed E-state index contributed by atoms with van der Waals surface area (Å²) in [4.78, 5) is 125. The quantitative estimate of drug-likeness (QED) is 0.0219. The maximum atomic E-state index is 13.9. The summed E-state index contributed by atoms with van der Waals surface area (Å²) in [7, 11) is 0. The van der Waals surface area contributed by atoms with Crippen molar-refractivity contribution < 1.29 is 58.2 Å². The van der Waals surface area contributed by atoms with Crippen molar-refractivity contribution in [1.29, 1.82) is 0 Å². The third-order valence-corrected chi connectivity index (χ3v) is 9.44. The van der Waals surface area contributed by atoms with Crippen LogP contribution in [0.15, 0.2) is 64.7 Å². The van der Waals surface area contributed by atoms with Crippen molar-refractivity contribution in [3.63, 3.8) is 0 Å². The Labute approximate surface area is 368 Å². The minimum atomic E-state index is -1.69. The van der Waals surface area contributed by atoms with Gasteiger partial charge in [-0.05, 0) is 65.1 Å². The van der Waals surface area contributed by atoms with E-state index in [0.717, 1.165) is 3.57 Å². The van der Waals surface area contributed by atoms with Crippen LogP contribution in [0.1, 0.15) is 43.2 Å². The van der Waals surface area contributed by atoms with Gasteiger partial charge in [-0.1, -0.05) is 47.6 Å². The first-order valence-electron chi connectivity index (χ1n) is 19.0. The molecule has 0 bridgehead atoms. The Morgan fingerprint density at radius 1 is 0.823 bits per heavy atom. The summed E-state index contributed by atoms with van der Waals surface area (Å²) >= 11 is 2.14. The fourth-order valence-electron chi connectivity index (χ4n) is 5.59. The van der Waals surface area contributed by atoms with E-state index < -0.39 is 122 Å². The summed E-state index contributed by atoms with van der Waals surface area (Å²) in [5, 5.41) is 39.5. The third-order valence-electron chi connectivity index (χ3n) is 8.72. The van der Waals surface area contributed by atoms with E-state index >= 15 is 0 Å². The van der Waals surface area contributed by atoms with Crippen LogP contribution in [0.5, 0.6) is 0 Å². The molecule has 0 aliphatic carbocycles. The van der Waals surface area contributed by atoms with Crippen LogP contribution >= 0.6 is 22.6 Å². The van der Waals surface area contributed by atoms with Gasteiger partial charge in [-0.15, -0.1) is 0 Å². The second kappa shape index (κ2) is 25.7. The highest BCUT2D eigenvalue weighted by Crippen LogP contribution is 2.09. The number of nitrogens with zero attached hydrogens (tertiary/aromatic N) is 2. The molecule has 1 aliphatic rings. The lowest BCUT2D eigenvalue weighted by Crippen LogP contribution is -2.58. The number of hydrogen-bond donors (Lipinski definition) is 11. The second-order valence-electron chi connectivity index (χ2n) is 13.6. The number of nitrogens with two attached hydrogens (primary N) is 2. The van der Waals surface area contributed by atoms with E-state index in [4.69, 9.17) is 16.3 Å². The first-order valence-corrected chi connectivity index (χ1v) is 20.1. The van der Waals surface area contributed by atoms with E-state index in [1.807, 2.05) is 12.1 Å². The zero-order valence-corrected chi connectivity index (χ0v) is 35.3. The molecule has 0 radical (unpaired) electrons. The molecule has 5 atom stereocenters. The fourth-order valence-corrected chi connectivity index (χ4v) is 5.95. The van der Waals surface area contributed by atoms with Gasteiger partial charge in [-0.25, -0.2) is 4.79 Å². The number of carbonyl (C=O) groups is 9. The summed E-state index contributed by atoms with van der Waals surface area (Å²) in [6.07, 6.45) is -0.712. The van der Waals surface area contributed by atoms with E-state index in [2.05, 4.69) is 70.0 Å². The normalized spacial score (nSPS) is 19.1. The Morgan fingerprint density at radius 2 is 1.45 bits per heavy atom. The first-order chi connectivity index (χ1) is 29.5. The summed E-state index contributed by atoms with van der Waals surface area (Å²) in [6.45, 7) is -1.84. The Kier molecular flexibility index (Phi) is 20.5. The topological polar surface area (TPSA) is 364 Å². The molecule has 0 aromatic heterocycles. The molecular formula is C38H48IN11O12. The van der Waals surface area contributed by atoms with Crippen LogP contribution in [0, 0.1) is 3.57 Å². The number of aliphatic carboxylic acids is 2. The van der Waals surface area contributed by atoms with Crippen LogP contribution in [0.3, 0.4) is 0 Å². The lowest BCUT2D eigenvalue weighted by atomic mass is 10.0. The van der Waals surface area contributed by atoms with Crippen molar-refractivity contribution in [3.8, 4) is 0 Å². The standard InChI is InChI=1S/C38H48IN11O12/c39-23-10-8-22(9-11-23)17-45-62-20-31(53)43-18-28(37(60)61)47-29(51)13-12-25-34(57)48-24(7-4-14-42-38(40)41)33(56)44-19-30(52)46-27(16-32(54)55)36(59)50-26(35(58)49-25)15-21-5-2-1-3-6-21/h1-3,5-6,8-11,17,24-28H,4,7,12-16,18-20H2,(H,43,53)(H,44,56)(H,46,52)(H,47,51)(H,48,57)(H,49,58)(H,50,59)(H,54,55)(H,60,61)(H4,40,41,42)/b45-17+/t24-,25-,26+,27-,28-/m0/s1. The lowest BCUT2D eigenvalue weighted by Gasteiger charge is -2.26. The Bertz CT molecular complexity index is 1980. The van der Waals surface area contributed by atoms with E-state index in [1.54, 1.807) is 42.5 Å². The third kappa shape index (κ3) is 18.6. The molecule has 0 unspecified atom stereocenters. The molecule has 1 fully saturated rings. The zero-order valence-electron chi connectivity index (χ0n) is 33.1. The molecule has 2 aromatic carbocycles. The Balaban J connectivity index is 1.81. The maximum Gasteiger partial charge on any atom is 0.328 e. The number of oxime groups is 1. The number of nitrogens with one attached hydrogen (secondary N) is 7. The van der Waals surface area contributed by atoms with Gasteiger partial charge in [0.05, 0.1) is 19.2 Å². The lowest BCUT2D eigenvalue weighted by molar-refractivity contribution is -0.142. The van der Waals surface area contributed by atoms with Crippen molar-refractivity contribution in [2.24, 2.45) is 21.6 Å². The van der Waals surface area contributed by atoms with Gasteiger partial charge in [0.2, 0.25) is 35.4 Å². The molecule has 334 valence electrons. The van der Waals surface area contributed by atoms with E-state index in [1.165, 1.54) is 6.21 Å². The molecule has 0 saturated carbocycles. The number of halogens is 1. The van der Waals surface area contributed by atoms with E-state index in [0.29, 0.717) is 11.1 Å². The van der Waals surface area contributed by atoms with Crippen LogP contribution in [-0.2, 0) is 54.4 Å². The highest BCUT2D eigenvalue weighted by atomic mass is 127. The molecule has 0 spiro atoms. The highest BCUT2D eigenvalue weighted by Gasteiger charge is 2.34. The zero-order chi connectivity index (χ0) is 45.6. The molecule has 1 aliphatic heterocycles. The van der Waals surface area contributed by atoms with Gasteiger partial charge in [0.25, 0.3) is 5.91 Å². The highest BCUT2D eigenvalue weighted by molar-refractivity contribution is 14.1. The smallest absolute Gasteiger partial charge is 0.328 e. The van der Waals surface area contributed by atoms with Gasteiger partial charge < -0.3 is 63.7 Å². The molecule has 3 rings (SSSR count). The fraction of sp³-hybridized carbons (Fsp3) is 0.395. The number of amides is 7. The number of carbonyl (C=O) groups excluding carboxylic acids is 7. The maximum absolute atomic E-state index is 13.9. The molecule has 23 nitrogen and oxygen atoms in total. The average molecular weight is 978 g/mol. The van der Waals surface area contributed by atoms with Crippen molar-refractivity contribution in [3.05, 3.63) is 69.3 Å². The number of guanidine groups is 1. The molecule has 2 aromatic rings. The molecular weight excluding hydrogens is 929 g/mol. The molecule has 1 heterocycles. The number of rotatable bonds is 19. The number of aliphatic imine (C=N–C) groups is 1. The summed E-state index contributed by atoms with van der Waals surface area (Å²) in [5.41, 5.74) is 12.0. The van der Waals surface area contributed by atoms with Crippen molar-refractivity contribution in [1.82, 2.24) is 37.2 Å². The van der Waals surface area contributed by atoms with E-state index in [-0.39, 0.29) is 31.8 Å². The summed E-state index contributed by atoms with van der Waals surface area (Å²) < 4.78 is 1.00. The minimum Gasteiger partial charge on any atom is -0.481 e. The minimum absolute atomic E-state index is 0.0363. The van der Waals surface area contributed by atoms with Crippen LogP contribution in [0.25, 0.3) is 0 Å². The molecule has 62 heavy (non-hydrogen) atoms. The van der Waals surface area contributed by atoms with Gasteiger partial charge in [-0.2, -0.15) is 0 Å². The van der Waals surface area contributed by atoms with Crippen molar-refractivity contribution >= 4 is 88.1 Å². The number of hydrogen-bond acceptors (Lipinski definition) is 12. The van der Waals surface area contributed by atoms with Crippen LogP contribution in [0.2, 0.25) is 0 Å². The summed E-state index contributed by atoms with van der Waals surface area (Å²) in [5.74, 6) is -9.73. The van der Waals surface area contributed by atoms with Crippen molar-refractivity contribution in [2.45, 2.75) is 68.7 Å².